The molecule has 2 aliphatic rings. The predicted molar refractivity (Wildman–Crippen MR) is 104 cm³/mol. The Morgan fingerprint density at radius 1 is 1.15 bits per heavy atom. The van der Waals surface area contributed by atoms with E-state index in [-0.39, 0.29) is 11.3 Å². The molecule has 1 fully saturated rings. The molecule has 1 unspecified atom stereocenters. The van der Waals surface area contributed by atoms with Gasteiger partial charge in [0.25, 0.3) is 0 Å². The number of rotatable bonds is 4. The number of likely N-dealkylation sites (tertiary alicyclic amines) is 1. The fourth-order valence-electron chi connectivity index (χ4n) is 4.42. The van der Waals surface area contributed by atoms with Gasteiger partial charge in [-0.2, -0.15) is 0 Å². The number of aromatic nitrogens is 1. The third-order valence-corrected chi connectivity index (χ3v) is 5.63. The molecule has 1 amide bonds. The molecule has 0 aliphatic carbocycles. The topological polar surface area (TPSA) is 36.4 Å². The average molecular weight is 349 g/mol. The van der Waals surface area contributed by atoms with Crippen molar-refractivity contribution in [2.75, 3.05) is 24.5 Å². The number of fused-ring (bicyclic) bond motifs is 2. The zero-order valence-corrected chi connectivity index (χ0v) is 15.7. The Kier molecular flexibility index (Phi) is 4.43. The lowest BCUT2D eigenvalue weighted by molar-refractivity contribution is -0.131. The van der Waals surface area contributed by atoms with Gasteiger partial charge in [0, 0.05) is 38.8 Å². The van der Waals surface area contributed by atoms with Crippen molar-refractivity contribution in [1.82, 2.24) is 9.88 Å². The summed E-state index contributed by atoms with van der Waals surface area (Å²) in [5, 5.41) is 0. The molecule has 0 N–H and O–H groups in total. The molecule has 4 rings (SSSR count). The Bertz CT molecular complexity index is 789. The van der Waals surface area contributed by atoms with Gasteiger partial charge in [-0.3, -0.25) is 9.78 Å². The van der Waals surface area contributed by atoms with E-state index in [1.54, 1.807) is 0 Å². The zero-order valence-electron chi connectivity index (χ0n) is 15.7. The summed E-state index contributed by atoms with van der Waals surface area (Å²) in [6.07, 6.45) is 3.54. The minimum Gasteiger partial charge on any atom is -0.365 e. The van der Waals surface area contributed by atoms with Gasteiger partial charge in [-0.1, -0.05) is 44.2 Å². The highest BCUT2D eigenvalue weighted by atomic mass is 16.2. The minimum atomic E-state index is -0.0159. The molecule has 4 nitrogen and oxygen atoms in total. The van der Waals surface area contributed by atoms with E-state index in [2.05, 4.69) is 60.0 Å². The Labute approximate surface area is 155 Å². The predicted octanol–water partition coefficient (Wildman–Crippen LogP) is 3.62. The number of carbonyl (C=O) groups is 1. The molecule has 0 radical (unpaired) electrons. The summed E-state index contributed by atoms with van der Waals surface area (Å²) in [7, 11) is 0. The average Bonchev–Trinajstić information content (AvgIpc) is 3.19. The fraction of sp³-hybridized carbons (Fsp3) is 0.455. The van der Waals surface area contributed by atoms with E-state index in [0.29, 0.717) is 12.3 Å². The van der Waals surface area contributed by atoms with E-state index < -0.39 is 0 Å². The summed E-state index contributed by atoms with van der Waals surface area (Å²) in [5.41, 5.74) is 3.70. The van der Waals surface area contributed by atoms with Crippen LogP contribution in [-0.2, 0) is 16.8 Å². The van der Waals surface area contributed by atoms with E-state index in [9.17, 15) is 4.79 Å². The SMILES string of the molecule is CC(C)CC(=O)N1CCC2(C1)CN(Cc1ccccc1)c1cccnc12. The summed E-state index contributed by atoms with van der Waals surface area (Å²) in [6, 6.07) is 14.8. The third kappa shape index (κ3) is 3.09. The van der Waals surface area contributed by atoms with Crippen molar-refractivity contribution >= 4 is 11.6 Å². The molecule has 26 heavy (non-hydrogen) atoms. The number of pyridine rings is 1. The normalized spacial score (nSPS) is 21.7. The standard InChI is InChI=1S/C22H27N3O/c1-17(2)13-20(26)24-12-10-22(15-24)16-25(14-18-7-4-3-5-8-18)19-9-6-11-23-21(19)22/h3-9,11,17H,10,12-16H2,1-2H3. The molecular weight excluding hydrogens is 322 g/mol. The lowest BCUT2D eigenvalue weighted by Gasteiger charge is -2.26. The van der Waals surface area contributed by atoms with E-state index in [1.807, 2.05) is 12.3 Å². The molecule has 2 aliphatic heterocycles. The molecule has 1 spiro atoms. The van der Waals surface area contributed by atoms with Crippen LogP contribution >= 0.6 is 0 Å². The van der Waals surface area contributed by atoms with Crippen LogP contribution in [0.3, 0.4) is 0 Å². The second-order valence-corrected chi connectivity index (χ2v) is 8.16. The number of nitrogens with zero attached hydrogens (tertiary/aromatic N) is 3. The van der Waals surface area contributed by atoms with Crippen molar-refractivity contribution < 1.29 is 4.79 Å². The number of carbonyl (C=O) groups excluding carboxylic acids is 1. The highest BCUT2D eigenvalue weighted by Crippen LogP contribution is 2.45. The Morgan fingerprint density at radius 3 is 2.73 bits per heavy atom. The van der Waals surface area contributed by atoms with Gasteiger partial charge in [0.15, 0.2) is 0 Å². The van der Waals surface area contributed by atoms with Gasteiger partial charge in [-0.15, -0.1) is 0 Å². The molecular formula is C22H27N3O. The second-order valence-electron chi connectivity index (χ2n) is 8.16. The number of amides is 1. The molecule has 3 heterocycles. The molecule has 0 saturated carbocycles. The molecule has 1 aromatic heterocycles. The number of hydrogen-bond donors (Lipinski definition) is 0. The molecule has 1 aromatic carbocycles. The van der Waals surface area contributed by atoms with E-state index in [0.717, 1.165) is 32.6 Å². The van der Waals surface area contributed by atoms with Crippen molar-refractivity contribution in [2.24, 2.45) is 5.92 Å². The molecule has 2 aromatic rings. The Morgan fingerprint density at radius 2 is 1.96 bits per heavy atom. The maximum absolute atomic E-state index is 12.6. The number of hydrogen-bond acceptors (Lipinski definition) is 3. The number of benzene rings is 1. The first kappa shape index (κ1) is 17.1. The first-order chi connectivity index (χ1) is 12.6. The van der Waals surface area contributed by atoms with Crippen LogP contribution in [-0.4, -0.2) is 35.4 Å². The first-order valence-electron chi connectivity index (χ1n) is 9.59. The smallest absolute Gasteiger partial charge is 0.222 e. The largest absolute Gasteiger partial charge is 0.365 e. The van der Waals surface area contributed by atoms with Crippen molar-refractivity contribution in [3.63, 3.8) is 0 Å². The van der Waals surface area contributed by atoms with Gasteiger partial charge in [0.1, 0.15) is 0 Å². The van der Waals surface area contributed by atoms with E-state index in [1.165, 1.54) is 16.9 Å². The Balaban J connectivity index is 1.58. The summed E-state index contributed by atoms with van der Waals surface area (Å²) < 4.78 is 0. The second kappa shape index (κ2) is 6.75. The van der Waals surface area contributed by atoms with E-state index >= 15 is 0 Å². The van der Waals surface area contributed by atoms with Crippen LogP contribution in [0, 0.1) is 5.92 Å². The molecule has 0 bridgehead atoms. The third-order valence-electron chi connectivity index (χ3n) is 5.63. The van der Waals surface area contributed by atoms with Crippen LogP contribution in [0.5, 0.6) is 0 Å². The highest BCUT2D eigenvalue weighted by Gasteiger charge is 2.49. The molecule has 1 saturated heterocycles. The van der Waals surface area contributed by atoms with E-state index in [4.69, 9.17) is 4.98 Å². The van der Waals surface area contributed by atoms with Gasteiger partial charge >= 0.3 is 0 Å². The maximum Gasteiger partial charge on any atom is 0.222 e. The van der Waals surface area contributed by atoms with Crippen molar-refractivity contribution in [2.45, 2.75) is 38.6 Å². The quantitative estimate of drug-likeness (QED) is 0.846. The van der Waals surface area contributed by atoms with Crippen molar-refractivity contribution in [3.8, 4) is 0 Å². The van der Waals surface area contributed by atoms with Crippen LogP contribution in [0.1, 0.15) is 37.9 Å². The van der Waals surface area contributed by atoms with Gasteiger partial charge in [0.05, 0.1) is 16.8 Å². The minimum absolute atomic E-state index is 0.0159. The lowest BCUT2D eigenvalue weighted by Crippen LogP contribution is -2.38. The monoisotopic (exact) mass is 349 g/mol. The Hall–Kier alpha value is -2.36. The highest BCUT2D eigenvalue weighted by molar-refractivity contribution is 5.77. The molecule has 4 heteroatoms. The van der Waals surface area contributed by atoms with Crippen LogP contribution in [0.2, 0.25) is 0 Å². The van der Waals surface area contributed by atoms with Crippen LogP contribution in [0.25, 0.3) is 0 Å². The summed E-state index contributed by atoms with van der Waals surface area (Å²) in [5.74, 6) is 0.693. The van der Waals surface area contributed by atoms with Crippen molar-refractivity contribution in [3.05, 3.63) is 59.9 Å². The number of anilines is 1. The maximum atomic E-state index is 12.6. The summed E-state index contributed by atoms with van der Waals surface area (Å²) in [4.78, 5) is 21.8. The zero-order chi connectivity index (χ0) is 18.1. The molecule has 136 valence electrons. The fourth-order valence-corrected chi connectivity index (χ4v) is 4.42. The molecule has 1 atom stereocenters. The van der Waals surface area contributed by atoms with Gasteiger partial charge in [0.2, 0.25) is 5.91 Å². The summed E-state index contributed by atoms with van der Waals surface area (Å²) in [6.45, 7) is 7.70. The van der Waals surface area contributed by atoms with Gasteiger partial charge in [-0.05, 0) is 30.0 Å². The van der Waals surface area contributed by atoms with Crippen molar-refractivity contribution in [1.29, 1.82) is 0 Å². The van der Waals surface area contributed by atoms with Crippen LogP contribution in [0.15, 0.2) is 48.7 Å². The van der Waals surface area contributed by atoms with Crippen LogP contribution in [0.4, 0.5) is 5.69 Å². The van der Waals surface area contributed by atoms with Crippen LogP contribution < -0.4 is 4.90 Å². The summed E-state index contributed by atoms with van der Waals surface area (Å²) >= 11 is 0. The lowest BCUT2D eigenvalue weighted by atomic mass is 9.85. The van der Waals surface area contributed by atoms with Gasteiger partial charge < -0.3 is 9.80 Å². The van der Waals surface area contributed by atoms with Gasteiger partial charge in [-0.25, -0.2) is 0 Å². The first-order valence-corrected chi connectivity index (χ1v) is 9.59.